The second-order valence-electron chi connectivity index (χ2n) is 6.68. The molecular formula is C18H22FN3O3. The van der Waals surface area contributed by atoms with E-state index in [0.29, 0.717) is 25.1 Å². The fourth-order valence-corrected chi connectivity index (χ4v) is 3.64. The molecule has 0 radical (unpaired) electrons. The van der Waals surface area contributed by atoms with Gasteiger partial charge in [-0.05, 0) is 37.4 Å². The molecule has 0 spiro atoms. The number of primary amides is 1. The van der Waals surface area contributed by atoms with E-state index in [-0.39, 0.29) is 42.4 Å². The van der Waals surface area contributed by atoms with Gasteiger partial charge in [-0.2, -0.15) is 0 Å². The highest BCUT2D eigenvalue weighted by Gasteiger charge is 2.43. The molecule has 25 heavy (non-hydrogen) atoms. The Kier molecular flexibility index (Phi) is 5.13. The van der Waals surface area contributed by atoms with Crippen LogP contribution in [0.5, 0.6) is 0 Å². The first kappa shape index (κ1) is 17.5. The second-order valence-corrected chi connectivity index (χ2v) is 6.68. The summed E-state index contributed by atoms with van der Waals surface area (Å²) in [6.45, 7) is 1.26. The van der Waals surface area contributed by atoms with Gasteiger partial charge in [0.2, 0.25) is 17.7 Å². The molecule has 2 aliphatic rings. The van der Waals surface area contributed by atoms with Gasteiger partial charge in [0.1, 0.15) is 5.82 Å². The van der Waals surface area contributed by atoms with Crippen LogP contribution in [-0.2, 0) is 20.8 Å². The van der Waals surface area contributed by atoms with Gasteiger partial charge in [0.25, 0.3) is 0 Å². The Labute approximate surface area is 145 Å². The van der Waals surface area contributed by atoms with Crippen LogP contribution in [0.25, 0.3) is 0 Å². The third-order valence-electron chi connectivity index (χ3n) is 5.08. The van der Waals surface area contributed by atoms with E-state index in [2.05, 4.69) is 0 Å². The number of rotatable bonds is 5. The number of carbonyl (C=O) groups excluding carboxylic acids is 3. The lowest BCUT2D eigenvalue weighted by Crippen LogP contribution is -2.49. The van der Waals surface area contributed by atoms with Crippen molar-refractivity contribution in [3.05, 3.63) is 35.6 Å². The van der Waals surface area contributed by atoms with Crippen molar-refractivity contribution in [3.63, 3.8) is 0 Å². The largest absolute Gasteiger partial charge is 0.369 e. The zero-order valence-electron chi connectivity index (χ0n) is 14.0. The van der Waals surface area contributed by atoms with E-state index in [4.69, 9.17) is 5.73 Å². The summed E-state index contributed by atoms with van der Waals surface area (Å²) in [4.78, 5) is 39.4. The molecule has 1 aromatic carbocycles. The smallest absolute Gasteiger partial charge is 0.247 e. The minimum absolute atomic E-state index is 0.113. The van der Waals surface area contributed by atoms with Crippen molar-refractivity contribution in [2.75, 3.05) is 19.6 Å². The Morgan fingerprint density at radius 3 is 2.76 bits per heavy atom. The molecule has 3 amide bonds. The third kappa shape index (κ3) is 3.71. The summed E-state index contributed by atoms with van der Waals surface area (Å²) in [5.41, 5.74) is 5.86. The van der Waals surface area contributed by atoms with Crippen LogP contribution in [0, 0.1) is 11.7 Å². The van der Waals surface area contributed by atoms with Crippen molar-refractivity contribution in [3.8, 4) is 0 Å². The number of carbonyl (C=O) groups is 3. The first-order valence-electron chi connectivity index (χ1n) is 8.58. The summed E-state index contributed by atoms with van der Waals surface area (Å²) < 4.78 is 13.7. The number of hydrogen-bond acceptors (Lipinski definition) is 4. The van der Waals surface area contributed by atoms with Crippen LogP contribution in [0.1, 0.15) is 24.8 Å². The zero-order chi connectivity index (χ0) is 18.0. The SMILES string of the molecule is NC(=O)[C@H]1CCCN([C@@H]2CC(=O)N(CCc3ccccc3F)C2=O)C1. The molecule has 134 valence electrons. The van der Waals surface area contributed by atoms with Crippen molar-refractivity contribution in [1.29, 1.82) is 0 Å². The fraction of sp³-hybridized carbons (Fsp3) is 0.500. The lowest BCUT2D eigenvalue weighted by atomic mass is 9.96. The molecule has 6 nitrogen and oxygen atoms in total. The molecule has 0 aromatic heterocycles. The Bertz CT molecular complexity index is 694. The number of halogens is 1. The predicted molar refractivity (Wildman–Crippen MR) is 88.7 cm³/mol. The first-order valence-corrected chi connectivity index (χ1v) is 8.58. The van der Waals surface area contributed by atoms with Gasteiger partial charge in [0.05, 0.1) is 18.4 Å². The van der Waals surface area contributed by atoms with Crippen molar-refractivity contribution >= 4 is 17.7 Å². The second kappa shape index (κ2) is 7.31. The highest BCUT2D eigenvalue weighted by molar-refractivity contribution is 6.05. The molecule has 7 heteroatoms. The summed E-state index contributed by atoms with van der Waals surface area (Å²) in [5.74, 6) is -1.47. The van der Waals surface area contributed by atoms with Crippen molar-refractivity contribution in [2.24, 2.45) is 11.7 Å². The van der Waals surface area contributed by atoms with Crippen molar-refractivity contribution < 1.29 is 18.8 Å². The maximum Gasteiger partial charge on any atom is 0.247 e. The summed E-state index contributed by atoms with van der Waals surface area (Å²) in [7, 11) is 0. The molecular weight excluding hydrogens is 325 g/mol. The normalized spacial score (nSPS) is 24.8. The summed E-state index contributed by atoms with van der Waals surface area (Å²) in [5, 5.41) is 0. The van der Waals surface area contributed by atoms with Gasteiger partial charge >= 0.3 is 0 Å². The Hall–Kier alpha value is -2.28. The summed E-state index contributed by atoms with van der Waals surface area (Å²) >= 11 is 0. The number of likely N-dealkylation sites (tertiary alicyclic amines) is 2. The molecule has 2 atom stereocenters. The van der Waals surface area contributed by atoms with Gasteiger partial charge in [-0.3, -0.25) is 24.2 Å². The molecule has 0 unspecified atom stereocenters. The van der Waals surface area contributed by atoms with E-state index < -0.39 is 6.04 Å². The van der Waals surface area contributed by atoms with Crippen LogP contribution in [0.4, 0.5) is 4.39 Å². The van der Waals surface area contributed by atoms with Crippen LogP contribution >= 0.6 is 0 Å². The highest BCUT2D eigenvalue weighted by atomic mass is 19.1. The topological polar surface area (TPSA) is 83.7 Å². The number of nitrogens with two attached hydrogens (primary N) is 1. The fourth-order valence-electron chi connectivity index (χ4n) is 3.64. The minimum Gasteiger partial charge on any atom is -0.369 e. The third-order valence-corrected chi connectivity index (χ3v) is 5.08. The van der Waals surface area contributed by atoms with Gasteiger partial charge in [-0.25, -0.2) is 4.39 Å². The molecule has 2 aliphatic heterocycles. The number of hydrogen-bond donors (Lipinski definition) is 1. The molecule has 2 fully saturated rings. The standard InChI is InChI=1S/C18H22FN3O3/c19-14-6-2-1-4-12(14)7-9-22-16(23)10-15(18(22)25)21-8-3-5-13(11-21)17(20)24/h1-2,4,6,13,15H,3,5,7-11H2,(H2,20,24)/t13-,15+/m0/s1. The number of amides is 3. The van der Waals surface area contributed by atoms with E-state index in [1.807, 2.05) is 4.90 Å². The van der Waals surface area contributed by atoms with Crippen LogP contribution in [0.2, 0.25) is 0 Å². The average Bonchev–Trinajstić information content (AvgIpc) is 2.89. The van der Waals surface area contributed by atoms with E-state index in [1.165, 1.54) is 11.0 Å². The molecule has 0 aliphatic carbocycles. The van der Waals surface area contributed by atoms with Gasteiger partial charge in [-0.15, -0.1) is 0 Å². The number of benzene rings is 1. The van der Waals surface area contributed by atoms with E-state index in [9.17, 15) is 18.8 Å². The van der Waals surface area contributed by atoms with E-state index >= 15 is 0 Å². The van der Waals surface area contributed by atoms with E-state index in [0.717, 1.165) is 12.8 Å². The Balaban J connectivity index is 1.64. The quantitative estimate of drug-likeness (QED) is 0.795. The maximum atomic E-state index is 13.7. The van der Waals surface area contributed by atoms with Crippen molar-refractivity contribution in [2.45, 2.75) is 31.7 Å². The maximum absolute atomic E-state index is 13.7. The summed E-state index contributed by atoms with van der Waals surface area (Å²) in [6.07, 6.45) is 1.90. The molecule has 0 saturated carbocycles. The van der Waals surface area contributed by atoms with Crippen molar-refractivity contribution in [1.82, 2.24) is 9.80 Å². The number of nitrogens with zero attached hydrogens (tertiary/aromatic N) is 2. The molecule has 0 bridgehead atoms. The predicted octanol–water partition coefficient (Wildman–Crippen LogP) is 0.693. The van der Waals surface area contributed by atoms with Crippen LogP contribution in [0.3, 0.4) is 0 Å². The molecule has 2 N–H and O–H groups in total. The highest BCUT2D eigenvalue weighted by Crippen LogP contribution is 2.25. The van der Waals surface area contributed by atoms with Gasteiger partial charge in [-0.1, -0.05) is 18.2 Å². The summed E-state index contributed by atoms with van der Waals surface area (Å²) in [6, 6.07) is 5.82. The Morgan fingerprint density at radius 1 is 1.28 bits per heavy atom. The zero-order valence-corrected chi connectivity index (χ0v) is 14.0. The van der Waals surface area contributed by atoms with Gasteiger partial charge < -0.3 is 5.73 Å². The molecule has 1 aromatic rings. The monoisotopic (exact) mass is 347 g/mol. The first-order chi connectivity index (χ1) is 12.0. The number of piperidine rings is 1. The van der Waals surface area contributed by atoms with Gasteiger partial charge in [0, 0.05) is 13.1 Å². The molecule has 2 heterocycles. The van der Waals surface area contributed by atoms with Gasteiger partial charge in [0.15, 0.2) is 0 Å². The average molecular weight is 347 g/mol. The number of imide groups is 1. The van der Waals surface area contributed by atoms with Crippen LogP contribution < -0.4 is 5.73 Å². The molecule has 2 saturated heterocycles. The minimum atomic E-state index is -0.532. The van der Waals surface area contributed by atoms with Crippen LogP contribution in [-0.4, -0.2) is 53.2 Å². The lowest BCUT2D eigenvalue weighted by Gasteiger charge is -2.34. The van der Waals surface area contributed by atoms with Crippen LogP contribution in [0.15, 0.2) is 24.3 Å². The Morgan fingerprint density at radius 2 is 2.04 bits per heavy atom. The molecule has 3 rings (SSSR count). The lowest BCUT2D eigenvalue weighted by molar-refractivity contribution is -0.140. The van der Waals surface area contributed by atoms with E-state index in [1.54, 1.807) is 18.2 Å².